The molecule has 0 aliphatic carbocycles. The zero-order valence-electron chi connectivity index (χ0n) is 9.10. The van der Waals surface area contributed by atoms with Gasteiger partial charge in [0.05, 0.1) is 17.6 Å². The molecule has 1 aliphatic rings. The fourth-order valence-corrected chi connectivity index (χ4v) is 3.61. The molecule has 0 saturated carbocycles. The van der Waals surface area contributed by atoms with Gasteiger partial charge >= 0.3 is 0 Å². The van der Waals surface area contributed by atoms with Gasteiger partial charge in [-0.2, -0.15) is 0 Å². The minimum atomic E-state index is -0.784. The van der Waals surface area contributed by atoms with E-state index in [1.165, 1.54) is 0 Å². The summed E-state index contributed by atoms with van der Waals surface area (Å²) in [6.45, 7) is 4.99. The van der Waals surface area contributed by atoms with Gasteiger partial charge in [-0.3, -0.25) is 4.21 Å². The molecule has 0 amide bonds. The highest BCUT2D eigenvalue weighted by Crippen LogP contribution is 2.26. The average Bonchev–Trinajstić information content (AvgIpc) is 2.71. The van der Waals surface area contributed by atoms with Gasteiger partial charge in [0.1, 0.15) is 5.76 Å². The van der Waals surface area contributed by atoms with Crippen molar-refractivity contribution in [3.63, 3.8) is 0 Å². The first-order valence-electron chi connectivity index (χ1n) is 5.36. The summed E-state index contributed by atoms with van der Waals surface area (Å²) in [4.78, 5) is 0. The highest BCUT2D eigenvalue weighted by atomic mass is 32.2. The Kier molecular flexibility index (Phi) is 3.26. The maximum absolute atomic E-state index is 12.1. The lowest BCUT2D eigenvalue weighted by atomic mass is 10.1. The molecule has 1 aromatic rings. The predicted octanol–water partition coefficient (Wildman–Crippen LogP) is 1.84. The van der Waals surface area contributed by atoms with E-state index in [9.17, 15) is 4.21 Å². The average molecular weight is 227 g/mol. The third-order valence-electron chi connectivity index (χ3n) is 3.00. The minimum absolute atomic E-state index is 0.0887. The molecule has 4 atom stereocenters. The molecule has 1 fully saturated rings. The maximum Gasteiger partial charge on any atom is 0.121 e. The number of furan rings is 1. The summed E-state index contributed by atoms with van der Waals surface area (Å²) in [7, 11) is -0.784. The fourth-order valence-electron chi connectivity index (χ4n) is 2.02. The van der Waals surface area contributed by atoms with Crippen LogP contribution >= 0.6 is 0 Å². The van der Waals surface area contributed by atoms with E-state index in [2.05, 4.69) is 12.2 Å². The Morgan fingerprint density at radius 2 is 2.33 bits per heavy atom. The highest BCUT2D eigenvalue weighted by molar-refractivity contribution is 7.86. The van der Waals surface area contributed by atoms with Crippen LogP contribution in [0.25, 0.3) is 0 Å². The second kappa shape index (κ2) is 4.49. The van der Waals surface area contributed by atoms with Gasteiger partial charge in [0.15, 0.2) is 0 Å². The van der Waals surface area contributed by atoms with Crippen LogP contribution in [0.15, 0.2) is 22.8 Å². The van der Waals surface area contributed by atoms with Gasteiger partial charge in [-0.15, -0.1) is 0 Å². The van der Waals surface area contributed by atoms with E-state index >= 15 is 0 Å². The molecule has 4 heteroatoms. The smallest absolute Gasteiger partial charge is 0.121 e. The Hall–Kier alpha value is -0.610. The van der Waals surface area contributed by atoms with Crippen LogP contribution in [0.2, 0.25) is 0 Å². The normalized spacial score (nSPS) is 37.5. The lowest BCUT2D eigenvalue weighted by Gasteiger charge is -2.20. The third-order valence-corrected chi connectivity index (χ3v) is 5.03. The predicted molar refractivity (Wildman–Crippen MR) is 61.1 cm³/mol. The molecule has 0 bridgehead atoms. The Morgan fingerprint density at radius 1 is 1.53 bits per heavy atom. The first-order chi connectivity index (χ1) is 7.20. The second-order valence-electron chi connectivity index (χ2n) is 4.08. The standard InChI is InChI=1S/C11H17NO2S/c1-8-5-6-12-11(9(2)15(8)13)10-4-3-7-14-10/h3-4,7-9,11-12H,5-6H2,1-2H3. The van der Waals surface area contributed by atoms with Gasteiger partial charge in [0, 0.05) is 16.0 Å². The quantitative estimate of drug-likeness (QED) is 0.796. The third kappa shape index (κ3) is 2.16. The monoisotopic (exact) mass is 227 g/mol. The molecule has 2 rings (SSSR count). The van der Waals surface area contributed by atoms with E-state index < -0.39 is 10.8 Å². The van der Waals surface area contributed by atoms with Gasteiger partial charge in [0.2, 0.25) is 0 Å². The van der Waals surface area contributed by atoms with Gasteiger partial charge in [-0.1, -0.05) is 6.92 Å². The van der Waals surface area contributed by atoms with Crippen LogP contribution in [0.1, 0.15) is 32.1 Å². The Labute approximate surface area is 92.7 Å². The van der Waals surface area contributed by atoms with E-state index in [0.717, 1.165) is 18.7 Å². The van der Waals surface area contributed by atoms with Crippen molar-refractivity contribution in [3.8, 4) is 0 Å². The van der Waals surface area contributed by atoms with Crippen molar-refractivity contribution in [3.05, 3.63) is 24.2 Å². The molecule has 1 aromatic heterocycles. The van der Waals surface area contributed by atoms with Gasteiger partial charge in [-0.25, -0.2) is 0 Å². The SMILES string of the molecule is CC1CCNC(c2ccco2)C(C)S1=O. The number of hydrogen-bond acceptors (Lipinski definition) is 3. The minimum Gasteiger partial charge on any atom is -0.468 e. The van der Waals surface area contributed by atoms with Crippen molar-refractivity contribution in [1.29, 1.82) is 0 Å². The molecule has 0 radical (unpaired) electrons. The molecule has 1 aliphatic heterocycles. The van der Waals surface area contributed by atoms with Crippen LogP contribution < -0.4 is 5.32 Å². The summed E-state index contributed by atoms with van der Waals surface area (Å²) >= 11 is 0. The maximum atomic E-state index is 12.1. The second-order valence-corrected chi connectivity index (χ2v) is 6.29. The number of hydrogen-bond donors (Lipinski definition) is 1. The van der Waals surface area contributed by atoms with Crippen molar-refractivity contribution in [2.75, 3.05) is 6.54 Å². The van der Waals surface area contributed by atoms with Crippen molar-refractivity contribution < 1.29 is 8.63 Å². The van der Waals surface area contributed by atoms with Crippen LogP contribution in [0.3, 0.4) is 0 Å². The zero-order chi connectivity index (χ0) is 10.8. The molecule has 15 heavy (non-hydrogen) atoms. The van der Waals surface area contributed by atoms with E-state index in [0.29, 0.717) is 0 Å². The first kappa shape index (κ1) is 10.9. The van der Waals surface area contributed by atoms with E-state index in [-0.39, 0.29) is 16.5 Å². The van der Waals surface area contributed by atoms with Gasteiger partial charge < -0.3 is 9.73 Å². The molecule has 2 heterocycles. The van der Waals surface area contributed by atoms with Crippen LogP contribution in [-0.4, -0.2) is 21.3 Å². The number of nitrogens with one attached hydrogen (secondary N) is 1. The molecular weight excluding hydrogens is 210 g/mol. The lowest BCUT2D eigenvalue weighted by Crippen LogP contribution is -2.30. The van der Waals surface area contributed by atoms with Crippen LogP contribution in [0.4, 0.5) is 0 Å². The molecule has 0 spiro atoms. The highest BCUT2D eigenvalue weighted by Gasteiger charge is 2.31. The van der Waals surface area contributed by atoms with Crippen LogP contribution in [0.5, 0.6) is 0 Å². The first-order valence-corrected chi connectivity index (χ1v) is 6.64. The number of rotatable bonds is 1. The van der Waals surface area contributed by atoms with Crippen molar-refractivity contribution in [2.24, 2.45) is 0 Å². The summed E-state index contributed by atoms with van der Waals surface area (Å²) < 4.78 is 17.5. The summed E-state index contributed by atoms with van der Waals surface area (Å²) in [5.41, 5.74) is 0. The summed E-state index contributed by atoms with van der Waals surface area (Å²) in [5.74, 6) is 0.893. The van der Waals surface area contributed by atoms with Crippen LogP contribution in [0, 0.1) is 0 Å². The molecule has 0 aromatic carbocycles. The molecule has 1 N–H and O–H groups in total. The topological polar surface area (TPSA) is 42.2 Å². The van der Waals surface area contributed by atoms with Gasteiger partial charge in [-0.05, 0) is 32.0 Å². The molecular formula is C11H17NO2S. The summed E-state index contributed by atoms with van der Waals surface area (Å²) in [5, 5.41) is 3.78. The van der Waals surface area contributed by atoms with E-state index in [1.807, 2.05) is 19.1 Å². The summed E-state index contributed by atoms with van der Waals surface area (Å²) in [6.07, 6.45) is 2.63. The molecule has 1 saturated heterocycles. The Morgan fingerprint density at radius 3 is 3.00 bits per heavy atom. The fraction of sp³-hybridized carbons (Fsp3) is 0.636. The van der Waals surface area contributed by atoms with Gasteiger partial charge in [0.25, 0.3) is 0 Å². The molecule has 4 unspecified atom stereocenters. The zero-order valence-corrected chi connectivity index (χ0v) is 9.92. The molecule has 84 valence electrons. The Balaban J connectivity index is 2.22. The molecule has 3 nitrogen and oxygen atoms in total. The van der Waals surface area contributed by atoms with Crippen molar-refractivity contribution >= 4 is 10.8 Å². The Bertz CT molecular complexity index is 336. The summed E-state index contributed by atoms with van der Waals surface area (Å²) in [6, 6.07) is 3.91. The lowest BCUT2D eigenvalue weighted by molar-refractivity contribution is 0.412. The van der Waals surface area contributed by atoms with Crippen molar-refractivity contribution in [1.82, 2.24) is 5.32 Å². The van der Waals surface area contributed by atoms with Crippen molar-refractivity contribution in [2.45, 2.75) is 36.8 Å². The van der Waals surface area contributed by atoms with E-state index in [1.54, 1.807) is 6.26 Å². The van der Waals surface area contributed by atoms with E-state index in [4.69, 9.17) is 4.42 Å². The van der Waals surface area contributed by atoms with Crippen LogP contribution in [-0.2, 0) is 10.8 Å². The largest absolute Gasteiger partial charge is 0.468 e.